The summed E-state index contributed by atoms with van der Waals surface area (Å²) in [4.78, 5) is 22.8. The highest BCUT2D eigenvalue weighted by molar-refractivity contribution is 6.00. The predicted molar refractivity (Wildman–Crippen MR) is 130 cm³/mol. The number of anilines is 1. The summed E-state index contributed by atoms with van der Waals surface area (Å²) in [6, 6.07) is 3.44. The van der Waals surface area contributed by atoms with Crippen molar-refractivity contribution in [3.8, 4) is 22.4 Å². The van der Waals surface area contributed by atoms with Gasteiger partial charge in [-0.2, -0.15) is 0 Å². The molecule has 1 saturated heterocycles. The Bertz CT molecular complexity index is 1370. The van der Waals surface area contributed by atoms with Crippen molar-refractivity contribution in [2.75, 3.05) is 18.0 Å². The molecule has 0 saturated carbocycles. The topological polar surface area (TPSA) is 139 Å². The molecule has 1 aliphatic heterocycles. The highest BCUT2D eigenvalue weighted by Gasteiger charge is 2.36. The van der Waals surface area contributed by atoms with Crippen LogP contribution in [0.15, 0.2) is 30.5 Å². The molecular formula is C26H26F3N5O3. The second-order valence-electron chi connectivity index (χ2n) is 9.65. The quantitative estimate of drug-likeness (QED) is 0.420. The molecule has 5 rings (SSSR count). The number of amides is 1. The summed E-state index contributed by atoms with van der Waals surface area (Å²) in [6.45, 7) is 2.50. The summed E-state index contributed by atoms with van der Waals surface area (Å²) in [5.41, 5.74) is 12.1. The van der Waals surface area contributed by atoms with E-state index in [2.05, 4.69) is 9.97 Å². The maximum atomic E-state index is 15.4. The molecule has 0 unspecified atom stereocenters. The number of aromatic nitrogens is 2. The van der Waals surface area contributed by atoms with Gasteiger partial charge >= 0.3 is 0 Å². The predicted octanol–water partition coefficient (Wildman–Crippen LogP) is 2.45. The number of halogens is 3. The highest BCUT2D eigenvalue weighted by Crippen LogP contribution is 2.44. The highest BCUT2D eigenvalue weighted by atomic mass is 19.1. The number of hydrogen-bond acceptors (Lipinski definition) is 7. The van der Waals surface area contributed by atoms with Crippen LogP contribution >= 0.6 is 0 Å². The molecule has 2 aromatic heterocycles. The van der Waals surface area contributed by atoms with Gasteiger partial charge in [0, 0.05) is 47.9 Å². The van der Waals surface area contributed by atoms with Crippen molar-refractivity contribution in [1.82, 2.24) is 9.97 Å². The SMILES string of the molecule is C[C@H]1CN(c2c(-c3cc(F)c(-c4c(F)cccc4F)nc3C(N)=O)cnc3c2CC[C@H]3O)C[C@@H](N)[C@@H]1O. The minimum atomic E-state index is -1.06. The lowest BCUT2D eigenvalue weighted by atomic mass is 9.90. The summed E-state index contributed by atoms with van der Waals surface area (Å²) in [6.07, 6.45) is 0.778. The lowest BCUT2D eigenvalue weighted by molar-refractivity contribution is 0.0785. The summed E-state index contributed by atoms with van der Waals surface area (Å²) in [7, 11) is 0. The van der Waals surface area contributed by atoms with E-state index in [-0.39, 0.29) is 18.0 Å². The molecule has 1 aromatic carbocycles. The Morgan fingerprint density at radius 3 is 2.46 bits per heavy atom. The molecule has 37 heavy (non-hydrogen) atoms. The van der Waals surface area contributed by atoms with Crippen molar-refractivity contribution >= 4 is 11.6 Å². The minimum Gasteiger partial charge on any atom is -0.391 e. The van der Waals surface area contributed by atoms with Crippen molar-refractivity contribution in [1.29, 1.82) is 0 Å². The normalized spacial score (nSPS) is 23.3. The summed E-state index contributed by atoms with van der Waals surface area (Å²) in [5, 5.41) is 20.8. The van der Waals surface area contributed by atoms with Crippen LogP contribution in [0.2, 0.25) is 0 Å². The van der Waals surface area contributed by atoms with E-state index >= 15 is 4.39 Å². The van der Waals surface area contributed by atoms with Crippen molar-refractivity contribution in [2.24, 2.45) is 17.4 Å². The molecule has 11 heteroatoms. The number of rotatable bonds is 4. The van der Waals surface area contributed by atoms with E-state index in [1.165, 1.54) is 6.20 Å². The zero-order valence-electron chi connectivity index (χ0n) is 20.0. The van der Waals surface area contributed by atoms with Gasteiger partial charge in [0.2, 0.25) is 0 Å². The molecule has 0 spiro atoms. The molecule has 2 aliphatic rings. The molecule has 3 heterocycles. The van der Waals surface area contributed by atoms with E-state index in [1.54, 1.807) is 0 Å². The summed E-state index contributed by atoms with van der Waals surface area (Å²) in [5.74, 6) is -4.38. The van der Waals surface area contributed by atoms with Crippen LogP contribution in [-0.4, -0.2) is 51.3 Å². The zero-order valence-corrected chi connectivity index (χ0v) is 20.0. The molecule has 1 amide bonds. The Morgan fingerprint density at radius 1 is 1.11 bits per heavy atom. The van der Waals surface area contributed by atoms with Gasteiger partial charge in [0.15, 0.2) is 0 Å². The number of piperidine rings is 1. The molecular weight excluding hydrogens is 487 g/mol. The van der Waals surface area contributed by atoms with Crippen molar-refractivity contribution < 1.29 is 28.2 Å². The van der Waals surface area contributed by atoms with E-state index in [0.717, 1.165) is 24.3 Å². The van der Waals surface area contributed by atoms with Crippen LogP contribution in [0.25, 0.3) is 22.4 Å². The first-order chi connectivity index (χ1) is 17.6. The number of nitrogens with two attached hydrogens (primary N) is 2. The van der Waals surface area contributed by atoms with Crippen molar-refractivity contribution in [2.45, 2.75) is 38.0 Å². The van der Waals surface area contributed by atoms with E-state index in [0.29, 0.717) is 41.9 Å². The molecule has 1 fully saturated rings. The Balaban J connectivity index is 1.74. The third-order valence-corrected chi connectivity index (χ3v) is 7.14. The Hall–Kier alpha value is -3.54. The van der Waals surface area contributed by atoms with Gasteiger partial charge < -0.3 is 26.6 Å². The van der Waals surface area contributed by atoms with Crippen LogP contribution in [0.3, 0.4) is 0 Å². The van der Waals surface area contributed by atoms with Gasteiger partial charge in [-0.05, 0) is 31.0 Å². The average molecular weight is 514 g/mol. The van der Waals surface area contributed by atoms with Crippen molar-refractivity contribution in [3.63, 3.8) is 0 Å². The van der Waals surface area contributed by atoms with Gasteiger partial charge in [-0.1, -0.05) is 13.0 Å². The maximum Gasteiger partial charge on any atom is 0.267 e. The fourth-order valence-corrected chi connectivity index (χ4v) is 5.35. The van der Waals surface area contributed by atoms with Crippen LogP contribution in [0.4, 0.5) is 18.9 Å². The molecule has 0 bridgehead atoms. The first-order valence-electron chi connectivity index (χ1n) is 11.9. The van der Waals surface area contributed by atoms with Crippen molar-refractivity contribution in [3.05, 3.63) is 64.9 Å². The van der Waals surface area contributed by atoms with Gasteiger partial charge in [-0.15, -0.1) is 0 Å². The number of carbonyl (C=O) groups excluding carboxylic acids is 1. The monoisotopic (exact) mass is 513 g/mol. The van der Waals surface area contributed by atoms with E-state index < -0.39 is 58.6 Å². The minimum absolute atomic E-state index is 0.00969. The number of pyridine rings is 2. The fourth-order valence-electron chi connectivity index (χ4n) is 5.35. The lowest BCUT2D eigenvalue weighted by Gasteiger charge is -2.41. The van der Waals surface area contributed by atoms with Gasteiger partial charge in [-0.25, -0.2) is 18.2 Å². The third kappa shape index (κ3) is 4.22. The average Bonchev–Trinajstić information content (AvgIpc) is 3.22. The molecule has 6 N–H and O–H groups in total. The van der Waals surface area contributed by atoms with E-state index in [1.807, 2.05) is 11.8 Å². The second-order valence-corrected chi connectivity index (χ2v) is 9.65. The van der Waals surface area contributed by atoms with Crippen LogP contribution in [0, 0.1) is 23.4 Å². The van der Waals surface area contributed by atoms with Crippen LogP contribution in [0.5, 0.6) is 0 Å². The Labute approximate surface area is 210 Å². The Morgan fingerprint density at radius 2 is 1.81 bits per heavy atom. The standard InChI is InChI=1S/C26H26F3N5O3/c1-11-9-34(10-18(30)25(11)36)24-12-5-6-19(35)21(12)32-8-14(24)13-7-17(29)23(33-22(13)26(31)37)20-15(27)3-2-4-16(20)28/h2-4,7-8,11,18-19,25,35-36H,5-6,9-10,30H2,1H3,(H2,31,37)/t11-,18+,19+,25+/m0/s1. The van der Waals surface area contributed by atoms with Crippen LogP contribution in [-0.2, 0) is 6.42 Å². The number of benzene rings is 1. The molecule has 3 aromatic rings. The maximum absolute atomic E-state index is 15.4. The molecule has 0 radical (unpaired) electrons. The largest absolute Gasteiger partial charge is 0.391 e. The summed E-state index contributed by atoms with van der Waals surface area (Å²) >= 11 is 0. The molecule has 194 valence electrons. The number of aliphatic hydroxyl groups excluding tert-OH is 2. The second kappa shape index (κ2) is 9.40. The van der Waals surface area contributed by atoms with Gasteiger partial charge in [0.05, 0.1) is 29.2 Å². The van der Waals surface area contributed by atoms with E-state index in [9.17, 15) is 23.8 Å². The number of aliphatic hydroxyl groups is 2. The smallest absolute Gasteiger partial charge is 0.267 e. The number of hydrogen-bond donors (Lipinski definition) is 4. The third-order valence-electron chi connectivity index (χ3n) is 7.14. The first-order valence-corrected chi connectivity index (χ1v) is 11.9. The summed E-state index contributed by atoms with van der Waals surface area (Å²) < 4.78 is 44.3. The fraction of sp³-hybridized carbons (Fsp3) is 0.346. The number of carbonyl (C=O) groups is 1. The number of nitrogens with zero attached hydrogens (tertiary/aromatic N) is 3. The van der Waals surface area contributed by atoms with Gasteiger partial charge in [-0.3, -0.25) is 9.78 Å². The van der Waals surface area contributed by atoms with Gasteiger partial charge in [0.25, 0.3) is 5.91 Å². The van der Waals surface area contributed by atoms with Crippen LogP contribution < -0.4 is 16.4 Å². The molecule has 1 aliphatic carbocycles. The first kappa shape index (κ1) is 25.1. The Kier molecular flexibility index (Phi) is 6.38. The molecule has 8 nitrogen and oxygen atoms in total. The van der Waals surface area contributed by atoms with Gasteiger partial charge in [0.1, 0.15) is 28.8 Å². The van der Waals surface area contributed by atoms with E-state index in [4.69, 9.17) is 11.5 Å². The zero-order chi connectivity index (χ0) is 26.6. The number of primary amides is 1. The number of fused-ring (bicyclic) bond motifs is 1. The van der Waals surface area contributed by atoms with Crippen LogP contribution in [0.1, 0.15) is 41.2 Å². The lowest BCUT2D eigenvalue weighted by Crippen LogP contribution is -2.56. The molecule has 4 atom stereocenters.